The van der Waals surface area contributed by atoms with Crippen LogP contribution in [0, 0.1) is 0 Å². The second kappa shape index (κ2) is 4.68. The number of benzene rings is 1. The van der Waals surface area contributed by atoms with Gasteiger partial charge in [-0.05, 0) is 37.6 Å². The van der Waals surface area contributed by atoms with Crippen molar-refractivity contribution in [1.82, 2.24) is 0 Å². The maximum Gasteiger partial charge on any atom is 0.416 e. The average molecular weight is 266 g/mol. The molecule has 96 valence electrons. The first-order valence-corrected chi connectivity index (χ1v) is 6.65. The summed E-state index contributed by atoms with van der Waals surface area (Å²) in [5, 5.41) is -0.598. The summed E-state index contributed by atoms with van der Waals surface area (Å²) in [6.07, 6.45) is -4.03. The highest BCUT2D eigenvalue weighted by Gasteiger charge is 2.31. The lowest BCUT2D eigenvalue weighted by atomic mass is 10.2. The van der Waals surface area contributed by atoms with Crippen LogP contribution < -0.4 is 0 Å². The molecule has 0 aliphatic carbocycles. The predicted octanol–water partition coefficient (Wildman–Crippen LogP) is 3.28. The predicted molar refractivity (Wildman–Crippen MR) is 58.4 cm³/mol. The summed E-state index contributed by atoms with van der Waals surface area (Å²) in [6.45, 7) is 3.25. The molecule has 17 heavy (non-hydrogen) atoms. The zero-order valence-corrected chi connectivity index (χ0v) is 10.3. The van der Waals surface area contributed by atoms with Crippen LogP contribution in [0.2, 0.25) is 0 Å². The summed E-state index contributed by atoms with van der Waals surface area (Å²) in [5.41, 5.74) is -0.847. The van der Waals surface area contributed by atoms with Crippen molar-refractivity contribution in [2.24, 2.45) is 0 Å². The fourth-order valence-electron chi connectivity index (χ4n) is 1.29. The molecule has 1 unspecified atom stereocenters. The Labute approximate surface area is 98.4 Å². The molecule has 2 nitrogen and oxygen atoms in total. The van der Waals surface area contributed by atoms with Gasteiger partial charge in [0, 0.05) is 0 Å². The van der Waals surface area contributed by atoms with E-state index in [4.69, 9.17) is 0 Å². The Balaban J connectivity index is 3.12. The van der Waals surface area contributed by atoms with Crippen molar-refractivity contribution < 1.29 is 21.6 Å². The molecule has 0 spiro atoms. The first kappa shape index (κ1) is 14.0. The van der Waals surface area contributed by atoms with Crippen LogP contribution in [0.25, 0.3) is 0 Å². The molecule has 0 fully saturated rings. The first-order chi connectivity index (χ1) is 7.69. The van der Waals surface area contributed by atoms with Crippen molar-refractivity contribution >= 4 is 9.84 Å². The fraction of sp³-hybridized carbons (Fsp3) is 0.455. The summed E-state index contributed by atoms with van der Waals surface area (Å²) >= 11 is 0. The van der Waals surface area contributed by atoms with Crippen molar-refractivity contribution in [2.45, 2.75) is 36.6 Å². The van der Waals surface area contributed by atoms with Gasteiger partial charge < -0.3 is 0 Å². The van der Waals surface area contributed by atoms with Crippen LogP contribution in [0.5, 0.6) is 0 Å². The van der Waals surface area contributed by atoms with E-state index < -0.39 is 26.8 Å². The van der Waals surface area contributed by atoms with Gasteiger partial charge in [0.25, 0.3) is 0 Å². The van der Waals surface area contributed by atoms with Crippen LogP contribution in [0.4, 0.5) is 13.2 Å². The molecular formula is C11H13F3O2S. The second-order valence-electron chi connectivity index (χ2n) is 3.79. The van der Waals surface area contributed by atoms with E-state index in [9.17, 15) is 21.6 Å². The normalized spacial score (nSPS) is 14.6. The Hall–Kier alpha value is -1.04. The molecule has 0 heterocycles. The SMILES string of the molecule is CCC(C)S(=O)(=O)c1ccc(C(F)(F)F)cc1. The summed E-state index contributed by atoms with van der Waals surface area (Å²) in [7, 11) is -3.52. The number of hydrogen-bond donors (Lipinski definition) is 0. The van der Waals surface area contributed by atoms with E-state index in [1.807, 2.05) is 0 Å². The molecule has 0 saturated carbocycles. The van der Waals surface area contributed by atoms with Gasteiger partial charge in [-0.2, -0.15) is 13.2 Å². The monoisotopic (exact) mass is 266 g/mol. The lowest BCUT2D eigenvalue weighted by Crippen LogP contribution is -2.17. The molecule has 0 radical (unpaired) electrons. The molecule has 0 aromatic heterocycles. The molecular weight excluding hydrogens is 253 g/mol. The van der Waals surface area contributed by atoms with Crippen LogP contribution in [0.3, 0.4) is 0 Å². The molecule has 0 aliphatic heterocycles. The van der Waals surface area contributed by atoms with E-state index in [2.05, 4.69) is 0 Å². The van der Waals surface area contributed by atoms with Crippen LogP contribution in [-0.4, -0.2) is 13.7 Å². The molecule has 0 N–H and O–H groups in total. The third-order valence-corrected chi connectivity index (χ3v) is 4.94. The lowest BCUT2D eigenvalue weighted by molar-refractivity contribution is -0.137. The fourth-order valence-corrected chi connectivity index (χ4v) is 2.70. The summed E-state index contributed by atoms with van der Waals surface area (Å²) in [5.74, 6) is 0. The van der Waals surface area contributed by atoms with Crippen molar-refractivity contribution in [2.75, 3.05) is 0 Å². The van der Waals surface area contributed by atoms with Gasteiger partial charge in [0.15, 0.2) is 9.84 Å². The van der Waals surface area contributed by atoms with E-state index in [0.29, 0.717) is 6.42 Å². The smallest absolute Gasteiger partial charge is 0.223 e. The van der Waals surface area contributed by atoms with Crippen LogP contribution >= 0.6 is 0 Å². The van der Waals surface area contributed by atoms with Gasteiger partial charge in [0.2, 0.25) is 0 Å². The third kappa shape index (κ3) is 3.00. The molecule has 6 heteroatoms. The highest BCUT2D eigenvalue weighted by atomic mass is 32.2. The van der Waals surface area contributed by atoms with E-state index in [1.165, 1.54) is 6.92 Å². The minimum Gasteiger partial charge on any atom is -0.223 e. The number of rotatable bonds is 3. The largest absolute Gasteiger partial charge is 0.416 e. The zero-order chi connectivity index (χ0) is 13.3. The highest BCUT2D eigenvalue weighted by Crippen LogP contribution is 2.30. The molecule has 1 aromatic carbocycles. The molecule has 0 amide bonds. The van der Waals surface area contributed by atoms with Crippen LogP contribution in [0.1, 0.15) is 25.8 Å². The van der Waals surface area contributed by atoms with Crippen LogP contribution in [-0.2, 0) is 16.0 Å². The van der Waals surface area contributed by atoms with Gasteiger partial charge in [-0.1, -0.05) is 6.92 Å². The third-order valence-electron chi connectivity index (χ3n) is 2.61. The molecule has 1 atom stereocenters. The van der Waals surface area contributed by atoms with Gasteiger partial charge in [-0.25, -0.2) is 8.42 Å². The Kier molecular flexibility index (Phi) is 3.86. The number of sulfone groups is 1. The number of halogens is 3. The Morgan fingerprint density at radius 1 is 1.18 bits per heavy atom. The zero-order valence-electron chi connectivity index (χ0n) is 9.45. The molecule has 1 rings (SSSR count). The molecule has 0 bridgehead atoms. The minimum absolute atomic E-state index is 0.0696. The molecule has 1 aromatic rings. The van der Waals surface area contributed by atoms with E-state index in [1.54, 1.807) is 6.92 Å². The van der Waals surface area contributed by atoms with E-state index in [-0.39, 0.29) is 4.90 Å². The van der Waals surface area contributed by atoms with Crippen molar-refractivity contribution in [3.8, 4) is 0 Å². The van der Waals surface area contributed by atoms with Gasteiger partial charge in [-0.3, -0.25) is 0 Å². The van der Waals surface area contributed by atoms with E-state index in [0.717, 1.165) is 24.3 Å². The second-order valence-corrected chi connectivity index (χ2v) is 6.15. The summed E-state index contributed by atoms with van der Waals surface area (Å²) in [4.78, 5) is -0.0696. The Morgan fingerprint density at radius 3 is 2.00 bits per heavy atom. The van der Waals surface area contributed by atoms with Gasteiger partial charge in [0.1, 0.15) is 0 Å². The van der Waals surface area contributed by atoms with E-state index >= 15 is 0 Å². The van der Waals surface area contributed by atoms with Gasteiger partial charge in [0.05, 0.1) is 15.7 Å². The molecule has 0 saturated heterocycles. The molecule has 0 aliphatic rings. The Morgan fingerprint density at radius 2 is 1.65 bits per heavy atom. The minimum atomic E-state index is -4.45. The van der Waals surface area contributed by atoms with Crippen LogP contribution in [0.15, 0.2) is 29.2 Å². The van der Waals surface area contributed by atoms with Gasteiger partial charge in [-0.15, -0.1) is 0 Å². The van der Waals surface area contributed by atoms with Crippen molar-refractivity contribution in [1.29, 1.82) is 0 Å². The number of alkyl halides is 3. The highest BCUT2D eigenvalue weighted by molar-refractivity contribution is 7.92. The summed E-state index contributed by atoms with van der Waals surface area (Å²) < 4.78 is 60.6. The average Bonchev–Trinajstić information content (AvgIpc) is 2.27. The standard InChI is InChI=1S/C11H13F3O2S/c1-3-8(2)17(15,16)10-6-4-9(5-7-10)11(12,13)14/h4-8H,3H2,1-2H3. The van der Waals surface area contributed by atoms with Gasteiger partial charge >= 0.3 is 6.18 Å². The first-order valence-electron chi connectivity index (χ1n) is 5.10. The summed E-state index contributed by atoms with van der Waals surface area (Å²) in [6, 6.07) is 3.58. The Bertz CT molecular complexity index is 474. The maximum absolute atomic E-state index is 12.3. The maximum atomic E-state index is 12.3. The van der Waals surface area contributed by atoms with Crippen molar-refractivity contribution in [3.63, 3.8) is 0 Å². The van der Waals surface area contributed by atoms with Crippen molar-refractivity contribution in [3.05, 3.63) is 29.8 Å². The topological polar surface area (TPSA) is 34.1 Å². The lowest BCUT2D eigenvalue weighted by Gasteiger charge is -2.12. The quantitative estimate of drug-likeness (QED) is 0.841. The number of hydrogen-bond acceptors (Lipinski definition) is 2.